The van der Waals surface area contributed by atoms with Gasteiger partial charge in [-0.1, -0.05) is 212 Å². The van der Waals surface area contributed by atoms with E-state index in [9.17, 15) is 0 Å². The first-order chi connectivity index (χ1) is 40.2. The van der Waals surface area contributed by atoms with E-state index in [0.717, 1.165) is 117 Å². The van der Waals surface area contributed by atoms with Gasteiger partial charge < -0.3 is 13.7 Å². The molecule has 0 atom stereocenters. The Hall–Kier alpha value is -11.0. The molecule has 378 valence electrons. The molecule has 0 aliphatic carbocycles. The van der Waals surface area contributed by atoms with Crippen molar-refractivity contribution >= 4 is 65.4 Å². The van der Waals surface area contributed by atoms with E-state index in [1.165, 1.54) is 21.5 Å². The first kappa shape index (κ1) is 46.1. The maximum absolute atomic E-state index is 5.58. The van der Waals surface area contributed by atoms with Gasteiger partial charge in [-0.05, 0) is 72.8 Å². The molecular formula is C74H47N7. The highest BCUT2D eigenvalue weighted by atomic mass is 15.0. The lowest BCUT2D eigenvalue weighted by atomic mass is 9.99. The minimum absolute atomic E-state index is 0.632. The molecule has 0 fully saturated rings. The van der Waals surface area contributed by atoms with Gasteiger partial charge >= 0.3 is 0 Å². The van der Waals surface area contributed by atoms with Gasteiger partial charge in [0.2, 0.25) is 0 Å². The van der Waals surface area contributed by atoms with E-state index in [0.29, 0.717) is 11.6 Å². The van der Waals surface area contributed by atoms with Crippen LogP contribution in [0.3, 0.4) is 0 Å². The molecule has 81 heavy (non-hydrogen) atoms. The van der Waals surface area contributed by atoms with E-state index >= 15 is 0 Å². The minimum Gasteiger partial charge on any atom is -0.309 e. The normalized spacial score (nSPS) is 11.7. The van der Waals surface area contributed by atoms with Gasteiger partial charge in [-0.3, -0.25) is 0 Å². The van der Waals surface area contributed by atoms with E-state index in [2.05, 4.69) is 250 Å². The molecule has 0 spiro atoms. The van der Waals surface area contributed by atoms with Crippen molar-refractivity contribution in [2.24, 2.45) is 0 Å². The number of aromatic nitrogens is 7. The van der Waals surface area contributed by atoms with E-state index in [1.807, 2.05) is 48.5 Å². The lowest BCUT2D eigenvalue weighted by Gasteiger charge is -2.18. The Morgan fingerprint density at radius 1 is 0.210 bits per heavy atom. The zero-order chi connectivity index (χ0) is 53.4. The molecule has 5 heterocycles. The molecule has 11 aromatic carbocycles. The topological polar surface area (TPSA) is 66.3 Å². The largest absolute Gasteiger partial charge is 0.309 e. The second-order valence-electron chi connectivity index (χ2n) is 20.6. The van der Waals surface area contributed by atoms with Crippen LogP contribution in [-0.2, 0) is 0 Å². The molecule has 5 aromatic heterocycles. The fraction of sp³-hybridized carbons (Fsp3) is 0. The first-order valence-electron chi connectivity index (χ1n) is 27.4. The highest BCUT2D eigenvalue weighted by molar-refractivity contribution is 6.14. The van der Waals surface area contributed by atoms with Crippen LogP contribution in [0.25, 0.3) is 150 Å². The number of benzene rings is 11. The third-order valence-electron chi connectivity index (χ3n) is 15.9. The molecule has 16 aromatic rings. The molecule has 0 N–H and O–H groups in total. The fourth-order valence-corrected chi connectivity index (χ4v) is 12.2. The molecule has 0 aliphatic rings. The molecule has 0 radical (unpaired) electrons. The molecule has 7 heteroatoms. The maximum Gasteiger partial charge on any atom is 0.160 e. The predicted molar refractivity (Wildman–Crippen MR) is 333 cm³/mol. The molecule has 0 saturated heterocycles. The molecule has 7 nitrogen and oxygen atoms in total. The van der Waals surface area contributed by atoms with E-state index in [1.54, 1.807) is 0 Å². The zero-order valence-corrected chi connectivity index (χ0v) is 43.8. The maximum atomic E-state index is 5.58. The van der Waals surface area contributed by atoms with Crippen LogP contribution in [0, 0.1) is 0 Å². The highest BCUT2D eigenvalue weighted by Gasteiger charge is 2.23. The summed E-state index contributed by atoms with van der Waals surface area (Å²) in [5, 5.41) is 7.12. The number of hydrogen-bond donors (Lipinski definition) is 0. The first-order valence-corrected chi connectivity index (χ1v) is 27.4. The summed E-state index contributed by atoms with van der Waals surface area (Å²) in [6.45, 7) is 0. The molecule has 0 saturated carbocycles. The number of nitrogens with zero attached hydrogens (tertiary/aromatic N) is 7. The van der Waals surface area contributed by atoms with Crippen molar-refractivity contribution < 1.29 is 0 Å². The van der Waals surface area contributed by atoms with Crippen LogP contribution < -0.4 is 0 Å². The van der Waals surface area contributed by atoms with Crippen molar-refractivity contribution in [2.45, 2.75) is 0 Å². The van der Waals surface area contributed by atoms with Crippen LogP contribution in [-0.4, -0.2) is 33.6 Å². The lowest BCUT2D eigenvalue weighted by Crippen LogP contribution is -2.03. The van der Waals surface area contributed by atoms with Crippen LogP contribution in [0.2, 0.25) is 0 Å². The van der Waals surface area contributed by atoms with Crippen LogP contribution in [0.5, 0.6) is 0 Å². The molecule has 0 aliphatic heterocycles. The number of hydrogen-bond acceptors (Lipinski definition) is 4. The molecule has 16 rings (SSSR count). The predicted octanol–water partition coefficient (Wildman–Crippen LogP) is 18.6. The minimum atomic E-state index is 0.632. The highest BCUT2D eigenvalue weighted by Crippen LogP contribution is 2.43. The lowest BCUT2D eigenvalue weighted by molar-refractivity contribution is 1.13. The summed E-state index contributed by atoms with van der Waals surface area (Å²) in [6.07, 6.45) is 0. The average molecular weight is 1030 g/mol. The van der Waals surface area contributed by atoms with E-state index in [-0.39, 0.29) is 0 Å². The third kappa shape index (κ3) is 7.74. The van der Waals surface area contributed by atoms with Gasteiger partial charge in [0.1, 0.15) is 0 Å². The summed E-state index contributed by atoms with van der Waals surface area (Å²) in [4.78, 5) is 21.5. The Kier molecular flexibility index (Phi) is 10.7. The van der Waals surface area contributed by atoms with Gasteiger partial charge in [0.15, 0.2) is 11.6 Å². The van der Waals surface area contributed by atoms with E-state index in [4.69, 9.17) is 19.9 Å². The van der Waals surface area contributed by atoms with Crippen LogP contribution in [0.1, 0.15) is 0 Å². The zero-order valence-electron chi connectivity index (χ0n) is 43.8. The van der Waals surface area contributed by atoms with Crippen molar-refractivity contribution in [3.05, 3.63) is 285 Å². The van der Waals surface area contributed by atoms with Crippen molar-refractivity contribution in [2.75, 3.05) is 0 Å². The van der Waals surface area contributed by atoms with Gasteiger partial charge in [-0.15, -0.1) is 0 Å². The Morgan fingerprint density at radius 3 is 0.963 bits per heavy atom. The van der Waals surface area contributed by atoms with Gasteiger partial charge in [0, 0.05) is 77.1 Å². The smallest absolute Gasteiger partial charge is 0.160 e. The summed E-state index contributed by atoms with van der Waals surface area (Å²) < 4.78 is 7.29. The Morgan fingerprint density at radius 2 is 0.543 bits per heavy atom. The van der Waals surface area contributed by atoms with Crippen molar-refractivity contribution in [3.63, 3.8) is 0 Å². The molecule has 0 bridgehead atoms. The van der Waals surface area contributed by atoms with Crippen molar-refractivity contribution in [1.29, 1.82) is 0 Å². The molecular weight excluding hydrogens is 987 g/mol. The fourth-order valence-electron chi connectivity index (χ4n) is 12.2. The summed E-state index contributed by atoms with van der Waals surface area (Å²) >= 11 is 0. The van der Waals surface area contributed by atoms with Crippen LogP contribution >= 0.6 is 0 Å². The number of fused-ring (bicyclic) bond motifs is 9. The summed E-state index contributed by atoms with van der Waals surface area (Å²) in [6, 6.07) is 101. The summed E-state index contributed by atoms with van der Waals surface area (Å²) in [5.74, 6) is 1.28. The van der Waals surface area contributed by atoms with Gasteiger partial charge in [-0.25, -0.2) is 19.9 Å². The van der Waals surface area contributed by atoms with Crippen molar-refractivity contribution in [1.82, 2.24) is 33.6 Å². The van der Waals surface area contributed by atoms with Gasteiger partial charge in [-0.2, -0.15) is 0 Å². The second kappa shape index (κ2) is 18.9. The molecule has 0 unspecified atom stereocenters. The third-order valence-corrected chi connectivity index (χ3v) is 15.9. The van der Waals surface area contributed by atoms with Gasteiger partial charge in [0.05, 0.1) is 61.6 Å². The average Bonchev–Trinajstić information content (AvgIpc) is 3.75. The number of para-hydroxylation sites is 4. The summed E-state index contributed by atoms with van der Waals surface area (Å²) in [7, 11) is 0. The second-order valence-corrected chi connectivity index (χ2v) is 20.6. The number of rotatable bonds is 9. The SMILES string of the molecule is c1ccc(-c2cc(-c3ccc(-n4c5cc(-n6c7ccccc7c7ccccc76)ccc5c5ccc(-n6c7ccccc7c7ccccc76)cc54)c(-c4cc(-c5ccccc5)nc(-c5ccccc5)n4)c3)nc(-c3ccccc3)n2)cc1. The van der Waals surface area contributed by atoms with Crippen molar-refractivity contribution in [3.8, 4) is 84.9 Å². The van der Waals surface area contributed by atoms with Crippen LogP contribution in [0.15, 0.2) is 285 Å². The Bertz CT molecular complexity index is 4700. The van der Waals surface area contributed by atoms with Crippen LogP contribution in [0.4, 0.5) is 0 Å². The molecule has 0 amide bonds. The quantitative estimate of drug-likeness (QED) is 0.144. The Labute approximate surface area is 466 Å². The standard InChI is InChI=1S/C74H47N7/c1-5-21-48(22-6-1)62-46-64(77-73(75-62)50-25-9-3-10-26-50)52-37-42-70(61(43-52)65-47-63(49-23-7-2-8-24-49)76-74(78-65)51-27-11-4-12-28-51)81-71-44-53(79-66-33-17-13-29-55(66)56-30-14-18-34-67(56)79)38-40-59(71)60-41-39-54(45-72(60)81)80-68-35-19-15-31-57(68)58-32-16-20-36-69(58)80/h1-47H. The van der Waals surface area contributed by atoms with Gasteiger partial charge in [0.25, 0.3) is 0 Å². The monoisotopic (exact) mass is 1030 g/mol. The Balaban J connectivity index is 1.02. The van der Waals surface area contributed by atoms with E-state index < -0.39 is 0 Å². The summed E-state index contributed by atoms with van der Waals surface area (Å²) in [5.41, 5.74) is 18.7.